The highest BCUT2D eigenvalue weighted by Crippen LogP contribution is 2.32. The van der Waals surface area contributed by atoms with Crippen LogP contribution in [0.4, 0.5) is 10.5 Å². The van der Waals surface area contributed by atoms with Crippen LogP contribution in [0.5, 0.6) is 5.75 Å². The van der Waals surface area contributed by atoms with Crippen molar-refractivity contribution in [2.24, 2.45) is 0 Å². The average Bonchev–Trinajstić information content (AvgIpc) is 3.23. The summed E-state index contributed by atoms with van der Waals surface area (Å²) in [5.41, 5.74) is 1.39. The maximum absolute atomic E-state index is 12.5. The number of thioether (sulfide) groups is 1. The number of rotatable bonds is 6. The molecule has 1 aromatic carbocycles. The molecule has 2 aromatic rings. The Kier molecular flexibility index (Phi) is 5.89. The Balaban J connectivity index is 1.65. The number of hydrogen-bond acceptors (Lipinski definition) is 5. The fourth-order valence-electron chi connectivity index (χ4n) is 2.64. The lowest BCUT2D eigenvalue weighted by Gasteiger charge is -2.12. The van der Waals surface area contributed by atoms with E-state index in [0.29, 0.717) is 22.4 Å². The lowest BCUT2D eigenvalue weighted by molar-refractivity contribution is -0.127. The minimum absolute atomic E-state index is 0.305. The van der Waals surface area contributed by atoms with Crippen molar-refractivity contribution >= 4 is 40.6 Å². The predicted molar refractivity (Wildman–Crippen MR) is 109 cm³/mol. The van der Waals surface area contributed by atoms with Gasteiger partial charge in [-0.3, -0.25) is 19.3 Å². The third kappa shape index (κ3) is 4.45. The first-order valence-electron chi connectivity index (χ1n) is 8.74. The number of ether oxygens (including phenoxy) is 1. The number of aromatic nitrogens is 1. The highest BCUT2D eigenvalue weighted by atomic mass is 32.2. The molecule has 0 unspecified atom stereocenters. The standard InChI is InChI=1S/C20H21N3O4S/c1-13(2)22-9-8-14(11-22)10-17-19(25)23(20(26)28-17)12-18(24)21-15-4-6-16(27-3)7-5-15/h4-11,13H,12H2,1-3H3,(H,21,24)/b17-10+. The van der Waals surface area contributed by atoms with Gasteiger partial charge in [-0.25, -0.2) is 0 Å². The number of carbonyl (C=O) groups excluding carboxylic acids is 3. The molecule has 1 saturated heterocycles. The number of anilines is 1. The van der Waals surface area contributed by atoms with E-state index in [1.807, 2.05) is 23.0 Å². The fraction of sp³-hybridized carbons (Fsp3) is 0.250. The summed E-state index contributed by atoms with van der Waals surface area (Å²) in [6, 6.07) is 8.97. The van der Waals surface area contributed by atoms with Gasteiger partial charge in [-0.15, -0.1) is 0 Å². The number of amides is 3. The van der Waals surface area contributed by atoms with Crippen molar-refractivity contribution in [3.63, 3.8) is 0 Å². The van der Waals surface area contributed by atoms with Crippen molar-refractivity contribution in [3.05, 3.63) is 53.2 Å². The van der Waals surface area contributed by atoms with E-state index in [1.165, 1.54) is 0 Å². The van der Waals surface area contributed by atoms with Crippen LogP contribution in [-0.2, 0) is 9.59 Å². The molecule has 146 valence electrons. The van der Waals surface area contributed by atoms with Crippen molar-refractivity contribution in [2.45, 2.75) is 19.9 Å². The molecule has 0 bridgehead atoms. The predicted octanol–water partition coefficient (Wildman–Crippen LogP) is 3.75. The highest BCUT2D eigenvalue weighted by molar-refractivity contribution is 8.18. The van der Waals surface area contributed by atoms with Crippen LogP contribution in [0.1, 0.15) is 25.5 Å². The first-order valence-corrected chi connectivity index (χ1v) is 9.56. The van der Waals surface area contributed by atoms with Crippen LogP contribution >= 0.6 is 11.8 Å². The van der Waals surface area contributed by atoms with Gasteiger partial charge in [-0.2, -0.15) is 0 Å². The number of hydrogen-bond donors (Lipinski definition) is 1. The van der Waals surface area contributed by atoms with E-state index in [4.69, 9.17) is 4.74 Å². The van der Waals surface area contributed by atoms with Crippen LogP contribution in [0.25, 0.3) is 6.08 Å². The van der Waals surface area contributed by atoms with Crippen LogP contribution < -0.4 is 10.1 Å². The summed E-state index contributed by atoms with van der Waals surface area (Å²) in [5, 5.41) is 2.21. The van der Waals surface area contributed by atoms with E-state index in [9.17, 15) is 14.4 Å². The Labute approximate surface area is 167 Å². The lowest BCUT2D eigenvalue weighted by atomic mass is 10.3. The second-order valence-corrected chi connectivity index (χ2v) is 7.52. The first-order chi connectivity index (χ1) is 13.4. The SMILES string of the molecule is COc1ccc(NC(=O)CN2C(=O)S/C(=C/c3ccn(C(C)C)c3)C2=O)cc1. The molecule has 0 atom stereocenters. The average molecular weight is 399 g/mol. The number of imide groups is 1. The smallest absolute Gasteiger partial charge is 0.294 e. The highest BCUT2D eigenvalue weighted by Gasteiger charge is 2.36. The number of methoxy groups -OCH3 is 1. The van der Waals surface area contributed by atoms with Gasteiger partial charge < -0.3 is 14.6 Å². The van der Waals surface area contributed by atoms with Crippen LogP contribution in [-0.4, -0.2) is 40.2 Å². The molecule has 8 heteroatoms. The Hall–Kier alpha value is -3.00. The van der Waals surface area contributed by atoms with Crippen molar-refractivity contribution < 1.29 is 19.1 Å². The van der Waals surface area contributed by atoms with Crippen LogP contribution in [0.2, 0.25) is 0 Å². The van der Waals surface area contributed by atoms with Crippen molar-refractivity contribution in [2.75, 3.05) is 19.0 Å². The molecule has 3 rings (SSSR count). The molecule has 0 aliphatic carbocycles. The van der Waals surface area contributed by atoms with Gasteiger partial charge in [0, 0.05) is 24.1 Å². The van der Waals surface area contributed by atoms with E-state index in [0.717, 1.165) is 22.2 Å². The Morgan fingerprint density at radius 2 is 1.93 bits per heavy atom. The first kappa shape index (κ1) is 19.8. The van der Waals surface area contributed by atoms with E-state index in [1.54, 1.807) is 37.5 Å². The molecule has 7 nitrogen and oxygen atoms in total. The summed E-state index contributed by atoms with van der Waals surface area (Å²) >= 11 is 0.840. The van der Waals surface area contributed by atoms with E-state index in [-0.39, 0.29) is 6.54 Å². The fourth-order valence-corrected chi connectivity index (χ4v) is 3.48. The molecule has 3 amide bonds. The zero-order valence-corrected chi connectivity index (χ0v) is 16.7. The number of benzene rings is 1. The molecule has 1 aliphatic rings. The van der Waals surface area contributed by atoms with Gasteiger partial charge in [0.05, 0.1) is 12.0 Å². The molecule has 0 spiro atoms. The van der Waals surface area contributed by atoms with Crippen molar-refractivity contribution in [1.29, 1.82) is 0 Å². The van der Waals surface area contributed by atoms with E-state index in [2.05, 4.69) is 19.2 Å². The molecule has 1 fully saturated rings. The summed E-state index contributed by atoms with van der Waals surface area (Å²) in [4.78, 5) is 38.2. The summed E-state index contributed by atoms with van der Waals surface area (Å²) in [6.45, 7) is 3.78. The minimum Gasteiger partial charge on any atom is -0.497 e. The Morgan fingerprint density at radius 1 is 1.21 bits per heavy atom. The monoisotopic (exact) mass is 399 g/mol. The Bertz CT molecular complexity index is 931. The maximum atomic E-state index is 12.5. The Morgan fingerprint density at radius 3 is 2.54 bits per heavy atom. The molecule has 1 aliphatic heterocycles. The van der Waals surface area contributed by atoms with Gasteiger partial charge in [-0.1, -0.05) is 0 Å². The van der Waals surface area contributed by atoms with Gasteiger partial charge in [0.1, 0.15) is 12.3 Å². The van der Waals surface area contributed by atoms with Crippen molar-refractivity contribution in [3.8, 4) is 5.75 Å². The second kappa shape index (κ2) is 8.35. The van der Waals surface area contributed by atoms with Crippen molar-refractivity contribution in [1.82, 2.24) is 9.47 Å². The minimum atomic E-state index is -0.461. The zero-order chi connectivity index (χ0) is 20.3. The van der Waals surface area contributed by atoms with Gasteiger partial charge in [0.2, 0.25) is 5.91 Å². The molecular formula is C20H21N3O4S. The summed E-state index contributed by atoms with van der Waals surface area (Å²) in [6.07, 6.45) is 5.50. The molecule has 0 radical (unpaired) electrons. The largest absolute Gasteiger partial charge is 0.497 e. The topological polar surface area (TPSA) is 80.6 Å². The molecule has 0 saturated carbocycles. The molecule has 2 heterocycles. The third-order valence-electron chi connectivity index (χ3n) is 4.18. The summed E-state index contributed by atoms with van der Waals surface area (Å²) in [7, 11) is 1.55. The van der Waals surface area contributed by atoms with Gasteiger partial charge in [0.25, 0.3) is 11.1 Å². The van der Waals surface area contributed by atoms with Gasteiger partial charge in [-0.05, 0) is 67.6 Å². The van der Waals surface area contributed by atoms with Gasteiger partial charge >= 0.3 is 0 Å². The molecule has 28 heavy (non-hydrogen) atoms. The maximum Gasteiger partial charge on any atom is 0.294 e. The lowest BCUT2D eigenvalue weighted by Crippen LogP contribution is -2.36. The molecule has 1 N–H and O–H groups in total. The quantitative estimate of drug-likeness (QED) is 0.748. The summed E-state index contributed by atoms with van der Waals surface area (Å²) < 4.78 is 7.08. The number of nitrogens with one attached hydrogen (secondary N) is 1. The molecular weight excluding hydrogens is 378 g/mol. The number of carbonyl (C=O) groups is 3. The van der Waals surface area contributed by atoms with Crippen LogP contribution in [0, 0.1) is 0 Å². The van der Waals surface area contributed by atoms with E-state index >= 15 is 0 Å². The van der Waals surface area contributed by atoms with E-state index < -0.39 is 17.1 Å². The van der Waals surface area contributed by atoms with Crippen LogP contribution in [0.3, 0.4) is 0 Å². The van der Waals surface area contributed by atoms with Gasteiger partial charge in [0.15, 0.2) is 0 Å². The zero-order valence-electron chi connectivity index (χ0n) is 15.8. The second-order valence-electron chi connectivity index (χ2n) is 6.53. The van der Waals surface area contributed by atoms with Crippen LogP contribution in [0.15, 0.2) is 47.6 Å². The summed E-state index contributed by atoms with van der Waals surface area (Å²) in [5.74, 6) is -0.239. The normalized spacial score (nSPS) is 15.6. The molecule has 1 aromatic heterocycles. The third-order valence-corrected chi connectivity index (χ3v) is 5.09. The number of nitrogens with zero attached hydrogens (tertiary/aromatic N) is 2.